The Balaban J connectivity index is 1.98. The maximum absolute atomic E-state index is 11.9. The van der Waals surface area contributed by atoms with Gasteiger partial charge in [-0.1, -0.05) is 0 Å². The fourth-order valence-electron chi connectivity index (χ4n) is 1.68. The van der Waals surface area contributed by atoms with Crippen molar-refractivity contribution in [3.8, 4) is 0 Å². The monoisotopic (exact) mass is 225 g/mol. The Labute approximate surface area is 91.9 Å². The number of hydrogen-bond donors (Lipinski definition) is 1. The lowest BCUT2D eigenvalue weighted by molar-refractivity contribution is 0.639. The Morgan fingerprint density at radius 3 is 3.00 bits per heavy atom. The number of nitrogens with zero attached hydrogens (tertiary/aromatic N) is 2. The van der Waals surface area contributed by atoms with E-state index in [1.165, 1.54) is 6.42 Å². The SMILES string of the molecule is Cc1ccc([S@](=O)C[C@H]2CCCN2)nn1. The molecule has 15 heavy (non-hydrogen) atoms. The van der Waals surface area contributed by atoms with Crippen molar-refractivity contribution in [1.82, 2.24) is 15.5 Å². The Morgan fingerprint density at radius 1 is 1.53 bits per heavy atom. The van der Waals surface area contributed by atoms with Crippen LogP contribution in [0, 0.1) is 6.92 Å². The van der Waals surface area contributed by atoms with Gasteiger partial charge in [0.1, 0.15) is 5.03 Å². The molecule has 1 aromatic heterocycles. The van der Waals surface area contributed by atoms with Crippen LogP contribution in [0.25, 0.3) is 0 Å². The Bertz CT molecular complexity index is 346. The van der Waals surface area contributed by atoms with Gasteiger partial charge in [0.2, 0.25) is 0 Å². The molecule has 0 radical (unpaired) electrons. The number of rotatable bonds is 3. The van der Waals surface area contributed by atoms with E-state index >= 15 is 0 Å². The molecule has 1 aliphatic heterocycles. The molecule has 2 atom stereocenters. The fraction of sp³-hybridized carbons (Fsp3) is 0.600. The largest absolute Gasteiger partial charge is 0.313 e. The molecule has 1 aromatic rings. The smallest absolute Gasteiger partial charge is 0.149 e. The van der Waals surface area contributed by atoms with Gasteiger partial charge in [0.25, 0.3) is 0 Å². The van der Waals surface area contributed by atoms with Gasteiger partial charge in [-0.3, -0.25) is 4.21 Å². The van der Waals surface area contributed by atoms with Gasteiger partial charge in [-0.2, -0.15) is 5.10 Å². The lowest BCUT2D eigenvalue weighted by Crippen LogP contribution is -2.27. The zero-order valence-electron chi connectivity index (χ0n) is 8.77. The average Bonchev–Trinajstić information content (AvgIpc) is 2.71. The van der Waals surface area contributed by atoms with Crippen LogP contribution in [0.5, 0.6) is 0 Å². The van der Waals surface area contributed by atoms with Gasteiger partial charge in [0.05, 0.1) is 16.5 Å². The maximum Gasteiger partial charge on any atom is 0.149 e. The lowest BCUT2D eigenvalue weighted by atomic mass is 10.3. The molecular weight excluding hydrogens is 210 g/mol. The van der Waals surface area contributed by atoms with Gasteiger partial charge in [-0.05, 0) is 38.4 Å². The molecule has 2 rings (SSSR count). The van der Waals surface area contributed by atoms with Gasteiger partial charge < -0.3 is 5.32 Å². The van der Waals surface area contributed by atoms with E-state index in [4.69, 9.17) is 0 Å². The molecule has 0 amide bonds. The van der Waals surface area contributed by atoms with E-state index in [1.807, 2.05) is 13.0 Å². The molecule has 0 saturated carbocycles. The Kier molecular flexibility index (Phi) is 3.43. The highest BCUT2D eigenvalue weighted by atomic mass is 32.2. The molecule has 0 aliphatic carbocycles. The van der Waals surface area contributed by atoms with Crippen molar-refractivity contribution in [2.24, 2.45) is 0 Å². The number of aromatic nitrogens is 2. The van der Waals surface area contributed by atoms with E-state index in [1.54, 1.807) is 6.07 Å². The first-order valence-electron chi connectivity index (χ1n) is 5.18. The molecule has 1 aliphatic rings. The second-order valence-electron chi connectivity index (χ2n) is 3.82. The van der Waals surface area contributed by atoms with E-state index in [9.17, 15) is 4.21 Å². The topological polar surface area (TPSA) is 54.9 Å². The van der Waals surface area contributed by atoms with Crippen LogP contribution in [0.2, 0.25) is 0 Å². The van der Waals surface area contributed by atoms with Gasteiger partial charge in [0.15, 0.2) is 0 Å². The van der Waals surface area contributed by atoms with Crippen LogP contribution >= 0.6 is 0 Å². The van der Waals surface area contributed by atoms with E-state index < -0.39 is 10.8 Å². The van der Waals surface area contributed by atoms with Crippen molar-refractivity contribution in [2.45, 2.75) is 30.8 Å². The summed E-state index contributed by atoms with van der Waals surface area (Å²) < 4.78 is 11.9. The van der Waals surface area contributed by atoms with Crippen LogP contribution in [0.15, 0.2) is 17.2 Å². The first-order valence-corrected chi connectivity index (χ1v) is 6.50. The zero-order chi connectivity index (χ0) is 10.7. The van der Waals surface area contributed by atoms with E-state index in [0.29, 0.717) is 16.8 Å². The van der Waals surface area contributed by atoms with Crippen molar-refractivity contribution in [2.75, 3.05) is 12.3 Å². The summed E-state index contributed by atoms with van der Waals surface area (Å²) in [5.74, 6) is 0.651. The van der Waals surface area contributed by atoms with Crippen molar-refractivity contribution in [3.63, 3.8) is 0 Å². The van der Waals surface area contributed by atoms with Crippen molar-refractivity contribution < 1.29 is 4.21 Å². The van der Waals surface area contributed by atoms with E-state index in [2.05, 4.69) is 15.5 Å². The molecule has 1 N–H and O–H groups in total. The van der Waals surface area contributed by atoms with Crippen LogP contribution in [-0.4, -0.2) is 32.7 Å². The van der Waals surface area contributed by atoms with Gasteiger partial charge in [0, 0.05) is 11.8 Å². The molecule has 4 nitrogen and oxygen atoms in total. The van der Waals surface area contributed by atoms with Crippen molar-refractivity contribution >= 4 is 10.8 Å². The third kappa shape index (κ3) is 2.82. The highest BCUT2D eigenvalue weighted by Gasteiger charge is 2.18. The second kappa shape index (κ2) is 4.81. The first-order chi connectivity index (χ1) is 7.25. The third-order valence-corrected chi connectivity index (χ3v) is 3.91. The summed E-state index contributed by atoms with van der Waals surface area (Å²) in [6.45, 7) is 2.92. The Morgan fingerprint density at radius 2 is 2.40 bits per heavy atom. The van der Waals surface area contributed by atoms with Crippen molar-refractivity contribution in [1.29, 1.82) is 0 Å². The summed E-state index contributed by atoms with van der Waals surface area (Å²) in [5.41, 5.74) is 0.856. The zero-order valence-corrected chi connectivity index (χ0v) is 9.59. The van der Waals surface area contributed by atoms with E-state index in [0.717, 1.165) is 18.7 Å². The standard InChI is InChI=1S/C10H15N3OS/c1-8-4-5-10(13-12-8)15(14)7-9-3-2-6-11-9/h4-5,9,11H,2-3,6-7H2,1H3/t9-,15-/m1/s1. The van der Waals surface area contributed by atoms with Gasteiger partial charge in [-0.15, -0.1) is 5.10 Å². The minimum absolute atomic E-state index is 0.383. The quantitative estimate of drug-likeness (QED) is 0.820. The summed E-state index contributed by atoms with van der Waals surface area (Å²) in [5, 5.41) is 11.8. The molecule has 0 unspecified atom stereocenters. The number of hydrogen-bond acceptors (Lipinski definition) is 4. The average molecular weight is 225 g/mol. The number of nitrogens with one attached hydrogen (secondary N) is 1. The molecule has 0 bridgehead atoms. The second-order valence-corrected chi connectivity index (χ2v) is 5.26. The third-order valence-electron chi connectivity index (χ3n) is 2.52. The highest BCUT2D eigenvalue weighted by Crippen LogP contribution is 2.10. The molecular formula is C10H15N3OS. The summed E-state index contributed by atoms with van der Waals surface area (Å²) in [6.07, 6.45) is 2.30. The van der Waals surface area contributed by atoms with Gasteiger partial charge in [-0.25, -0.2) is 0 Å². The molecule has 5 heteroatoms. The molecule has 82 valence electrons. The van der Waals surface area contributed by atoms with E-state index in [-0.39, 0.29) is 0 Å². The lowest BCUT2D eigenvalue weighted by Gasteiger charge is -2.08. The molecule has 1 saturated heterocycles. The summed E-state index contributed by atoms with van der Waals surface area (Å²) >= 11 is 0. The normalized spacial score (nSPS) is 22.9. The number of aryl methyl sites for hydroxylation is 1. The van der Waals surface area contributed by atoms with Crippen LogP contribution < -0.4 is 5.32 Å². The molecule has 0 spiro atoms. The predicted octanol–water partition coefficient (Wildman–Crippen LogP) is 0.645. The van der Waals surface area contributed by atoms with Crippen molar-refractivity contribution in [3.05, 3.63) is 17.8 Å². The summed E-state index contributed by atoms with van der Waals surface area (Å²) in [7, 11) is -1.02. The van der Waals surface area contributed by atoms with Gasteiger partial charge >= 0.3 is 0 Å². The summed E-state index contributed by atoms with van der Waals surface area (Å²) in [6, 6.07) is 4.03. The Hall–Kier alpha value is -0.810. The van der Waals surface area contributed by atoms with Crippen LogP contribution in [-0.2, 0) is 10.8 Å². The highest BCUT2D eigenvalue weighted by molar-refractivity contribution is 7.85. The summed E-state index contributed by atoms with van der Waals surface area (Å²) in [4.78, 5) is 0. The minimum atomic E-state index is -1.02. The fourth-order valence-corrected chi connectivity index (χ4v) is 2.85. The molecule has 2 heterocycles. The predicted molar refractivity (Wildman–Crippen MR) is 59.1 cm³/mol. The maximum atomic E-state index is 11.9. The van der Waals surface area contributed by atoms with Crippen LogP contribution in [0.4, 0.5) is 0 Å². The molecule has 1 fully saturated rings. The molecule has 0 aromatic carbocycles. The minimum Gasteiger partial charge on any atom is -0.313 e. The van der Waals surface area contributed by atoms with Crippen LogP contribution in [0.3, 0.4) is 0 Å². The van der Waals surface area contributed by atoms with Crippen LogP contribution in [0.1, 0.15) is 18.5 Å². The first kappa shape index (κ1) is 10.7.